The predicted octanol–water partition coefficient (Wildman–Crippen LogP) is 2.40. The number of carbonyl (C=O) groups excluding carboxylic acids is 1. The van der Waals surface area contributed by atoms with Gasteiger partial charge in [-0.3, -0.25) is 0 Å². The molecule has 4 heteroatoms. The maximum absolute atomic E-state index is 12.2. The SMILES string of the molecule is Cc1cc(C)[n]([Ta])c(=O)c1C(=O)/C=C/C1=CC=CC1. The first kappa shape index (κ1) is 14.0. The van der Waals surface area contributed by atoms with E-state index >= 15 is 0 Å². The summed E-state index contributed by atoms with van der Waals surface area (Å²) in [5.41, 5.74) is 2.84. The molecule has 1 heterocycles. The Kier molecular flexibility index (Phi) is 4.20. The summed E-state index contributed by atoms with van der Waals surface area (Å²) in [5, 5.41) is 0. The molecule has 0 spiro atoms. The van der Waals surface area contributed by atoms with E-state index in [1.807, 2.05) is 38.1 Å². The van der Waals surface area contributed by atoms with Crippen LogP contribution in [0.3, 0.4) is 0 Å². The van der Waals surface area contributed by atoms with Gasteiger partial charge >= 0.3 is 124 Å². The van der Waals surface area contributed by atoms with Gasteiger partial charge in [0.05, 0.1) is 0 Å². The molecule has 3 nitrogen and oxygen atoms in total. The van der Waals surface area contributed by atoms with Crippen LogP contribution >= 0.6 is 0 Å². The van der Waals surface area contributed by atoms with Crippen LogP contribution in [-0.2, 0) is 21.3 Å². The molecule has 96 valence electrons. The molecule has 0 fully saturated rings. The molecule has 1 aromatic heterocycles. The van der Waals surface area contributed by atoms with Crippen LogP contribution in [0.2, 0.25) is 0 Å². The average Bonchev–Trinajstić information content (AvgIpc) is 2.86. The quantitative estimate of drug-likeness (QED) is 0.556. The topological polar surface area (TPSA) is 39.1 Å². The Morgan fingerprint density at radius 1 is 1.42 bits per heavy atom. The first-order valence-corrected chi connectivity index (χ1v) is 7.45. The van der Waals surface area contributed by atoms with Crippen molar-refractivity contribution >= 4 is 5.78 Å². The third kappa shape index (κ3) is 2.95. The zero-order chi connectivity index (χ0) is 14.0. The Labute approximate surface area is 124 Å². The van der Waals surface area contributed by atoms with Crippen molar-refractivity contribution in [3.63, 3.8) is 0 Å². The van der Waals surface area contributed by atoms with Crippen LogP contribution in [0.5, 0.6) is 0 Å². The van der Waals surface area contributed by atoms with Gasteiger partial charge in [-0.1, -0.05) is 0 Å². The second-order valence-corrected chi connectivity index (χ2v) is 5.97. The molecule has 19 heavy (non-hydrogen) atoms. The Morgan fingerprint density at radius 3 is 2.79 bits per heavy atom. The van der Waals surface area contributed by atoms with E-state index in [0.717, 1.165) is 44.6 Å². The van der Waals surface area contributed by atoms with Crippen LogP contribution in [0.1, 0.15) is 28.0 Å². The summed E-state index contributed by atoms with van der Waals surface area (Å²) in [4.78, 5) is 24.3. The molecular weight excluding hydrogens is 407 g/mol. The van der Waals surface area contributed by atoms with E-state index in [4.69, 9.17) is 0 Å². The number of nitrogens with zero attached hydrogens (tertiary/aromatic N) is 1. The third-order valence-corrected chi connectivity index (χ3v) is 4.84. The summed E-state index contributed by atoms with van der Waals surface area (Å²) in [6.45, 7) is 3.69. The molecule has 0 amide bonds. The van der Waals surface area contributed by atoms with E-state index in [1.54, 1.807) is 9.05 Å². The fourth-order valence-corrected chi connectivity index (χ4v) is 2.60. The number of allylic oxidation sites excluding steroid dienone is 6. The number of aryl methyl sites for hydroxylation is 2. The van der Waals surface area contributed by atoms with Gasteiger partial charge in [0.1, 0.15) is 0 Å². The molecule has 0 bridgehead atoms. The van der Waals surface area contributed by atoms with Gasteiger partial charge in [0.2, 0.25) is 0 Å². The normalized spacial score (nSPS) is 14.1. The van der Waals surface area contributed by atoms with E-state index in [-0.39, 0.29) is 16.9 Å². The molecule has 0 atom stereocenters. The molecule has 1 aliphatic carbocycles. The number of aromatic nitrogens is 1. The molecule has 0 N–H and O–H groups in total. The maximum atomic E-state index is 12.2. The Balaban J connectivity index is 2.34. The number of ketones is 1. The third-order valence-electron chi connectivity index (χ3n) is 3.06. The summed E-state index contributed by atoms with van der Waals surface area (Å²) in [5.74, 6) is -0.213. The van der Waals surface area contributed by atoms with Gasteiger partial charge < -0.3 is 0 Å². The average molecular weight is 421 g/mol. The predicted molar refractivity (Wildman–Crippen MR) is 70.9 cm³/mol. The molecule has 0 aliphatic heterocycles. The number of carbonyl (C=O) groups is 1. The van der Waals surface area contributed by atoms with Crippen LogP contribution in [0.15, 0.2) is 46.8 Å². The first-order chi connectivity index (χ1) is 9.00. The molecule has 2 rings (SSSR count). The Bertz CT molecular complexity index is 678. The number of pyridine rings is 1. The van der Waals surface area contributed by atoms with E-state index in [0.29, 0.717) is 0 Å². The summed E-state index contributed by atoms with van der Waals surface area (Å²) in [6, 6.07) is 1.89. The van der Waals surface area contributed by atoms with Gasteiger partial charge in [-0.05, 0) is 0 Å². The zero-order valence-corrected chi connectivity index (χ0v) is 14.1. The Morgan fingerprint density at radius 2 is 2.16 bits per heavy atom. The Hall–Kier alpha value is -1.42. The molecular formula is C15H14NO2Ta. The molecule has 0 saturated carbocycles. The van der Waals surface area contributed by atoms with Crippen molar-refractivity contribution in [2.75, 3.05) is 0 Å². The van der Waals surface area contributed by atoms with Crippen molar-refractivity contribution in [3.8, 4) is 0 Å². The van der Waals surface area contributed by atoms with E-state index in [1.165, 1.54) is 6.08 Å². The fourth-order valence-electron chi connectivity index (χ4n) is 2.03. The number of hydrogen-bond donors (Lipinski definition) is 0. The van der Waals surface area contributed by atoms with E-state index in [9.17, 15) is 9.59 Å². The second kappa shape index (κ2) is 5.70. The van der Waals surface area contributed by atoms with Gasteiger partial charge in [-0.2, -0.15) is 0 Å². The standard InChI is InChI=1S/C15H15NO2.Ta/c1-10-9-11(2)16-15(18)14(10)13(17)8-7-12-5-3-4-6-12;/h3-5,7-9H,6H2,1-2H3,(H,16,17,18);/q;+1/p-1/b8-7+;. The van der Waals surface area contributed by atoms with Crippen molar-refractivity contribution in [3.05, 3.63) is 69.2 Å². The van der Waals surface area contributed by atoms with Gasteiger partial charge in [-0.25, -0.2) is 0 Å². The van der Waals surface area contributed by atoms with Crippen molar-refractivity contribution in [2.45, 2.75) is 20.3 Å². The summed E-state index contributed by atoms with van der Waals surface area (Å²) < 4.78 is 1.62. The van der Waals surface area contributed by atoms with Crippen LogP contribution in [0, 0.1) is 13.8 Å². The van der Waals surface area contributed by atoms with Gasteiger partial charge in [0, 0.05) is 0 Å². The van der Waals surface area contributed by atoms with Crippen LogP contribution < -0.4 is 5.56 Å². The molecule has 0 aromatic carbocycles. The monoisotopic (exact) mass is 421 g/mol. The first-order valence-electron chi connectivity index (χ1n) is 6.01. The van der Waals surface area contributed by atoms with E-state index in [2.05, 4.69) is 0 Å². The number of hydrogen-bond acceptors (Lipinski definition) is 2. The van der Waals surface area contributed by atoms with E-state index < -0.39 is 0 Å². The van der Waals surface area contributed by atoms with Crippen LogP contribution in [0.25, 0.3) is 0 Å². The molecule has 0 saturated heterocycles. The summed E-state index contributed by atoms with van der Waals surface area (Å²) in [7, 11) is 0. The fraction of sp³-hybridized carbons (Fsp3) is 0.200. The van der Waals surface area contributed by atoms with Crippen molar-refractivity contribution in [1.29, 1.82) is 0 Å². The van der Waals surface area contributed by atoms with Gasteiger partial charge in [-0.15, -0.1) is 0 Å². The van der Waals surface area contributed by atoms with Crippen LogP contribution in [0.4, 0.5) is 0 Å². The van der Waals surface area contributed by atoms with Crippen molar-refractivity contribution in [2.24, 2.45) is 0 Å². The zero-order valence-electron chi connectivity index (χ0n) is 10.9. The molecule has 1 aromatic rings. The summed E-state index contributed by atoms with van der Waals surface area (Å²) >= 11 is 0.808. The van der Waals surface area contributed by atoms with Gasteiger partial charge in [0.15, 0.2) is 0 Å². The van der Waals surface area contributed by atoms with Crippen molar-refractivity contribution in [1.82, 2.24) is 2.97 Å². The molecule has 0 radical (unpaired) electrons. The number of rotatable bonds is 3. The minimum absolute atomic E-state index is 0.181. The molecule has 0 unspecified atom stereocenters. The molecule has 1 aliphatic rings. The van der Waals surface area contributed by atoms with Crippen molar-refractivity contribution < 1.29 is 26.1 Å². The summed E-state index contributed by atoms with van der Waals surface area (Å²) in [6.07, 6.45) is 10.1. The van der Waals surface area contributed by atoms with Gasteiger partial charge in [0.25, 0.3) is 0 Å². The second-order valence-electron chi connectivity index (χ2n) is 4.53. The van der Waals surface area contributed by atoms with Crippen LogP contribution in [-0.4, -0.2) is 8.75 Å². The minimum atomic E-state index is -0.213.